The fourth-order valence-electron chi connectivity index (χ4n) is 10.1. The van der Waals surface area contributed by atoms with E-state index >= 15 is 0 Å². The summed E-state index contributed by atoms with van der Waals surface area (Å²) in [5.74, 6) is 0.367. The first-order chi connectivity index (χ1) is 24.6. The maximum atomic E-state index is 2.66. The van der Waals surface area contributed by atoms with Gasteiger partial charge in [-0.3, -0.25) is 0 Å². The Morgan fingerprint density at radius 3 is 1.71 bits per heavy atom. The van der Waals surface area contributed by atoms with Crippen LogP contribution in [0.3, 0.4) is 0 Å². The summed E-state index contributed by atoms with van der Waals surface area (Å²) < 4.78 is 0. The molecule has 2 aliphatic carbocycles. The van der Waals surface area contributed by atoms with Gasteiger partial charge in [0.25, 0.3) is 0 Å². The quantitative estimate of drug-likeness (QED) is 0.189. The van der Waals surface area contributed by atoms with Crippen LogP contribution in [0.2, 0.25) is 0 Å². The van der Waals surface area contributed by atoms with E-state index < -0.39 is 0 Å². The van der Waals surface area contributed by atoms with Crippen LogP contribution in [-0.2, 0) is 16.2 Å². The molecule has 0 spiro atoms. The number of para-hydroxylation sites is 3. The normalized spacial score (nSPS) is 20.5. The molecular formula is C49H46N2. The average Bonchev–Trinajstić information content (AvgIpc) is 3.14. The summed E-state index contributed by atoms with van der Waals surface area (Å²) in [7, 11) is 0. The number of anilines is 6. The molecule has 0 saturated carbocycles. The van der Waals surface area contributed by atoms with Crippen molar-refractivity contribution in [2.24, 2.45) is 0 Å². The van der Waals surface area contributed by atoms with E-state index in [-0.39, 0.29) is 16.2 Å². The third-order valence-electron chi connectivity index (χ3n) is 13.0. The highest BCUT2D eigenvalue weighted by atomic mass is 15.2. The first-order valence-corrected chi connectivity index (χ1v) is 18.9. The Bertz CT molecular complexity index is 2290. The van der Waals surface area contributed by atoms with Gasteiger partial charge < -0.3 is 9.80 Å². The monoisotopic (exact) mass is 662 g/mol. The Hall–Kier alpha value is -5.08. The number of allylic oxidation sites excluding steroid dienone is 6. The highest BCUT2D eigenvalue weighted by Gasteiger charge is 2.51. The summed E-state index contributed by atoms with van der Waals surface area (Å²) in [4.78, 5) is 5.17. The summed E-state index contributed by atoms with van der Waals surface area (Å²) >= 11 is 0. The predicted molar refractivity (Wildman–Crippen MR) is 214 cm³/mol. The molecule has 10 rings (SSSR count). The summed E-state index contributed by atoms with van der Waals surface area (Å²) in [6, 6.07) is 39.4. The van der Waals surface area contributed by atoms with Crippen molar-refractivity contribution in [1.82, 2.24) is 0 Å². The van der Waals surface area contributed by atoms with Gasteiger partial charge in [0.1, 0.15) is 0 Å². The Morgan fingerprint density at radius 2 is 1.08 bits per heavy atom. The zero-order valence-electron chi connectivity index (χ0n) is 30.7. The van der Waals surface area contributed by atoms with E-state index in [1.54, 1.807) is 0 Å². The van der Waals surface area contributed by atoms with Gasteiger partial charge in [0, 0.05) is 39.2 Å². The van der Waals surface area contributed by atoms with E-state index in [9.17, 15) is 0 Å². The van der Waals surface area contributed by atoms with Crippen LogP contribution < -0.4 is 9.80 Å². The molecule has 0 saturated heterocycles. The molecule has 0 bridgehead atoms. The Labute approximate surface area is 303 Å². The van der Waals surface area contributed by atoms with Crippen LogP contribution in [0.1, 0.15) is 106 Å². The van der Waals surface area contributed by atoms with Gasteiger partial charge in [-0.05, 0) is 106 Å². The molecule has 5 aromatic rings. The van der Waals surface area contributed by atoms with E-state index in [1.807, 2.05) is 0 Å². The van der Waals surface area contributed by atoms with Gasteiger partial charge in [-0.25, -0.2) is 0 Å². The minimum atomic E-state index is -0.200. The van der Waals surface area contributed by atoms with E-state index in [0.29, 0.717) is 5.92 Å². The van der Waals surface area contributed by atoms with Crippen LogP contribution >= 0.6 is 0 Å². The Balaban J connectivity index is 1.20. The third-order valence-corrected chi connectivity index (χ3v) is 13.0. The maximum absolute atomic E-state index is 2.66. The van der Waals surface area contributed by atoms with Crippen molar-refractivity contribution >= 4 is 34.1 Å². The second-order valence-corrected chi connectivity index (χ2v) is 16.9. The molecule has 5 aliphatic rings. The molecule has 2 heteroatoms. The number of rotatable bonds is 4. The molecule has 0 aromatic heterocycles. The molecule has 1 atom stereocenters. The second-order valence-electron chi connectivity index (χ2n) is 16.9. The second kappa shape index (κ2) is 10.5. The lowest BCUT2D eigenvalue weighted by molar-refractivity contribution is 0.566. The summed E-state index contributed by atoms with van der Waals surface area (Å²) in [6.45, 7) is 14.6. The molecule has 252 valence electrons. The Kier molecular flexibility index (Phi) is 6.31. The molecule has 0 radical (unpaired) electrons. The van der Waals surface area contributed by atoms with E-state index in [4.69, 9.17) is 0 Å². The maximum Gasteiger partial charge on any atom is 0.0545 e. The van der Waals surface area contributed by atoms with Gasteiger partial charge >= 0.3 is 0 Å². The topological polar surface area (TPSA) is 6.48 Å². The molecule has 0 N–H and O–H groups in total. The smallest absolute Gasteiger partial charge is 0.0545 e. The molecule has 0 amide bonds. The molecule has 5 aromatic carbocycles. The minimum absolute atomic E-state index is 0.0949. The lowest BCUT2D eigenvalue weighted by Crippen LogP contribution is -2.43. The van der Waals surface area contributed by atoms with Crippen molar-refractivity contribution < 1.29 is 0 Å². The van der Waals surface area contributed by atoms with Crippen LogP contribution in [0.5, 0.6) is 0 Å². The van der Waals surface area contributed by atoms with Gasteiger partial charge in [0.2, 0.25) is 0 Å². The molecule has 51 heavy (non-hydrogen) atoms. The molecule has 3 heterocycles. The van der Waals surface area contributed by atoms with Crippen molar-refractivity contribution in [1.29, 1.82) is 0 Å². The SMILES string of the molecule is CC1(C)c2cccc3c2N2c4c1cccc4C(C)(C)c1cc(N(c4ccccc4)c4cccc(C5C=CC6=C(C=CCC6)C5)c4)cc(c12)C3(C)C. The van der Waals surface area contributed by atoms with Crippen molar-refractivity contribution in [2.75, 3.05) is 9.80 Å². The highest BCUT2D eigenvalue weighted by Crippen LogP contribution is 2.66. The Morgan fingerprint density at radius 1 is 0.529 bits per heavy atom. The number of hydrogen-bond acceptors (Lipinski definition) is 2. The lowest BCUT2D eigenvalue weighted by atomic mass is 9.61. The van der Waals surface area contributed by atoms with Gasteiger partial charge in [-0.15, -0.1) is 0 Å². The molecular weight excluding hydrogens is 617 g/mol. The van der Waals surface area contributed by atoms with E-state index in [0.717, 1.165) is 19.3 Å². The summed E-state index contributed by atoms with van der Waals surface area (Å²) in [6.07, 6.45) is 12.9. The van der Waals surface area contributed by atoms with Crippen LogP contribution in [0.25, 0.3) is 0 Å². The molecule has 3 aliphatic heterocycles. The zero-order valence-corrected chi connectivity index (χ0v) is 30.7. The first-order valence-electron chi connectivity index (χ1n) is 18.9. The zero-order chi connectivity index (χ0) is 34.9. The van der Waals surface area contributed by atoms with Crippen LogP contribution in [0, 0.1) is 0 Å². The summed E-state index contributed by atoms with van der Waals surface area (Å²) in [5.41, 5.74) is 20.1. The number of benzene rings is 5. The van der Waals surface area contributed by atoms with Crippen molar-refractivity contribution in [3.8, 4) is 0 Å². The van der Waals surface area contributed by atoms with Crippen molar-refractivity contribution in [2.45, 2.75) is 83.0 Å². The van der Waals surface area contributed by atoms with Crippen LogP contribution in [0.4, 0.5) is 34.1 Å². The number of nitrogens with zero attached hydrogens (tertiary/aromatic N) is 2. The third kappa shape index (κ3) is 4.17. The molecule has 2 nitrogen and oxygen atoms in total. The predicted octanol–water partition coefficient (Wildman–Crippen LogP) is 13.2. The number of hydrogen-bond donors (Lipinski definition) is 0. The fourth-order valence-corrected chi connectivity index (χ4v) is 10.1. The van der Waals surface area contributed by atoms with Crippen LogP contribution in [0.15, 0.2) is 139 Å². The van der Waals surface area contributed by atoms with Gasteiger partial charge in [0.15, 0.2) is 0 Å². The van der Waals surface area contributed by atoms with E-state index in [1.165, 1.54) is 84.2 Å². The molecule has 0 fully saturated rings. The minimum Gasteiger partial charge on any atom is -0.310 e. The first kappa shape index (κ1) is 30.7. The lowest BCUT2D eigenvalue weighted by Gasteiger charge is -2.55. The van der Waals surface area contributed by atoms with Crippen LogP contribution in [-0.4, -0.2) is 0 Å². The summed E-state index contributed by atoms with van der Waals surface area (Å²) in [5, 5.41) is 0. The van der Waals surface area contributed by atoms with Gasteiger partial charge in [-0.2, -0.15) is 0 Å². The van der Waals surface area contributed by atoms with Gasteiger partial charge in [-0.1, -0.05) is 133 Å². The molecule has 1 unspecified atom stereocenters. The van der Waals surface area contributed by atoms with Crippen molar-refractivity contribution in [3.63, 3.8) is 0 Å². The standard InChI is InChI=1S/C49H46N2/c1-47(2)38-21-13-23-40-44(38)51-45-39(47)22-14-24-41(45)49(5,6)43-30-37(29-42(46(43)51)48(40,3)4)50(35-18-8-7-9-19-35)36-20-12-17-33(28-36)34-26-25-31-15-10-11-16-32(31)27-34/h7-9,11-14,16-26,28-30,34H,10,15,27H2,1-6H3. The largest absolute Gasteiger partial charge is 0.310 e. The fraction of sp³-hybridized carbons (Fsp3) is 0.265. The van der Waals surface area contributed by atoms with E-state index in [2.05, 4.69) is 179 Å². The average molecular weight is 663 g/mol. The van der Waals surface area contributed by atoms with Crippen molar-refractivity contribution in [3.05, 3.63) is 178 Å². The highest BCUT2D eigenvalue weighted by molar-refractivity contribution is 5.99. The van der Waals surface area contributed by atoms with Gasteiger partial charge in [0.05, 0.1) is 17.1 Å².